The fraction of sp³-hybridized carbons (Fsp3) is 0.357. The molecule has 0 aliphatic carbocycles. The summed E-state index contributed by atoms with van der Waals surface area (Å²) in [5.41, 5.74) is 1.89. The third kappa shape index (κ3) is 2.00. The average Bonchev–Trinajstić information content (AvgIpc) is 2.76. The van der Waals surface area contributed by atoms with Crippen LogP contribution in [0.1, 0.15) is 12.0 Å². The van der Waals surface area contributed by atoms with Crippen LogP contribution in [0.15, 0.2) is 24.3 Å². The molecule has 2 heterocycles. The Morgan fingerprint density at radius 1 is 1.47 bits per heavy atom. The van der Waals surface area contributed by atoms with E-state index < -0.39 is 0 Å². The number of benzene rings is 1. The zero-order chi connectivity index (χ0) is 13.4. The van der Waals surface area contributed by atoms with Gasteiger partial charge in [-0.05, 0) is 19.1 Å². The summed E-state index contributed by atoms with van der Waals surface area (Å²) < 4.78 is 21.3. The van der Waals surface area contributed by atoms with Crippen LogP contribution in [0.2, 0.25) is 0 Å². The lowest BCUT2D eigenvalue weighted by Crippen LogP contribution is -2.29. The summed E-state index contributed by atoms with van der Waals surface area (Å²) in [4.78, 5) is 0. The smallest absolute Gasteiger partial charge is 0.215 e. The van der Waals surface area contributed by atoms with Crippen molar-refractivity contribution in [3.63, 3.8) is 0 Å². The van der Waals surface area contributed by atoms with Crippen LogP contribution in [0.25, 0.3) is 11.3 Å². The summed E-state index contributed by atoms with van der Waals surface area (Å²) in [5, 5.41) is 13.6. The van der Waals surface area contributed by atoms with Crippen molar-refractivity contribution in [2.75, 3.05) is 6.61 Å². The van der Waals surface area contributed by atoms with Gasteiger partial charge >= 0.3 is 0 Å². The molecule has 4 nitrogen and oxygen atoms in total. The molecule has 0 spiro atoms. The van der Waals surface area contributed by atoms with Crippen LogP contribution in [-0.2, 0) is 6.54 Å². The zero-order valence-electron chi connectivity index (χ0n) is 10.6. The van der Waals surface area contributed by atoms with Crippen molar-refractivity contribution in [2.45, 2.75) is 26.0 Å². The number of nitrogens with zero attached hydrogens (tertiary/aromatic N) is 2. The highest BCUT2D eigenvalue weighted by atomic mass is 19.1. The molecule has 3 rings (SSSR count). The molecule has 2 aromatic rings. The maximum atomic E-state index is 13.8. The molecular formula is C14H15FN2O2. The van der Waals surface area contributed by atoms with E-state index in [1.165, 1.54) is 6.07 Å². The number of fused-ring (bicyclic) bond motifs is 1. The second-order valence-corrected chi connectivity index (χ2v) is 4.69. The molecular weight excluding hydrogens is 247 g/mol. The quantitative estimate of drug-likeness (QED) is 0.902. The van der Waals surface area contributed by atoms with E-state index in [4.69, 9.17) is 9.84 Å². The van der Waals surface area contributed by atoms with Crippen LogP contribution >= 0.6 is 0 Å². The van der Waals surface area contributed by atoms with E-state index in [0.29, 0.717) is 30.1 Å². The van der Waals surface area contributed by atoms with E-state index in [1.807, 2.05) is 6.92 Å². The van der Waals surface area contributed by atoms with Crippen LogP contribution in [0.4, 0.5) is 4.39 Å². The van der Waals surface area contributed by atoms with Gasteiger partial charge in [-0.15, -0.1) is 0 Å². The zero-order valence-corrected chi connectivity index (χ0v) is 10.6. The van der Waals surface area contributed by atoms with Gasteiger partial charge in [0.1, 0.15) is 17.6 Å². The molecule has 1 aliphatic heterocycles. The average molecular weight is 262 g/mol. The van der Waals surface area contributed by atoms with Gasteiger partial charge in [0.2, 0.25) is 5.88 Å². The van der Waals surface area contributed by atoms with Crippen molar-refractivity contribution in [1.29, 1.82) is 0 Å². The summed E-state index contributed by atoms with van der Waals surface area (Å²) in [6.07, 6.45) is 0.512. The maximum Gasteiger partial charge on any atom is 0.215 e. The summed E-state index contributed by atoms with van der Waals surface area (Å²) >= 11 is 0. The second kappa shape index (κ2) is 4.66. The number of halogens is 1. The molecule has 0 saturated carbocycles. The number of aliphatic hydroxyl groups excluding tert-OH is 1. The number of ether oxygens (including phenoxy) is 1. The summed E-state index contributed by atoms with van der Waals surface area (Å²) in [7, 11) is 0. The number of aryl methyl sites for hydroxylation is 1. The van der Waals surface area contributed by atoms with Crippen molar-refractivity contribution in [2.24, 2.45) is 0 Å². The molecule has 0 bridgehead atoms. The van der Waals surface area contributed by atoms with Crippen molar-refractivity contribution in [1.82, 2.24) is 9.78 Å². The lowest BCUT2D eigenvalue weighted by atomic mass is 10.1. The largest absolute Gasteiger partial charge is 0.472 e. The molecule has 1 N–H and O–H groups in total. The lowest BCUT2D eigenvalue weighted by molar-refractivity contribution is 0.0726. The van der Waals surface area contributed by atoms with E-state index in [0.717, 1.165) is 5.56 Å². The summed E-state index contributed by atoms with van der Waals surface area (Å²) in [6.45, 7) is 2.52. The van der Waals surface area contributed by atoms with Gasteiger partial charge in [0, 0.05) is 24.1 Å². The normalized spacial score (nSPS) is 17.9. The molecule has 100 valence electrons. The Bertz CT molecular complexity index is 609. The Hall–Kier alpha value is -1.88. The number of hydrogen-bond donors (Lipinski definition) is 1. The molecule has 1 atom stereocenters. The molecule has 0 saturated heterocycles. The van der Waals surface area contributed by atoms with Crippen molar-refractivity contribution in [3.05, 3.63) is 35.6 Å². The topological polar surface area (TPSA) is 47.3 Å². The first-order valence-electron chi connectivity index (χ1n) is 6.30. The minimum absolute atomic E-state index is 0.0142. The molecule has 1 aromatic heterocycles. The van der Waals surface area contributed by atoms with E-state index >= 15 is 0 Å². The molecule has 1 aromatic carbocycles. The van der Waals surface area contributed by atoms with Crippen LogP contribution < -0.4 is 4.74 Å². The fourth-order valence-electron chi connectivity index (χ4n) is 2.36. The predicted molar refractivity (Wildman–Crippen MR) is 68.5 cm³/mol. The highest BCUT2D eigenvalue weighted by Gasteiger charge is 2.25. The van der Waals surface area contributed by atoms with Crippen molar-refractivity contribution < 1.29 is 14.2 Å². The van der Waals surface area contributed by atoms with Crippen LogP contribution in [0, 0.1) is 12.7 Å². The van der Waals surface area contributed by atoms with Crippen LogP contribution in [0.5, 0.6) is 5.88 Å². The lowest BCUT2D eigenvalue weighted by Gasteiger charge is -2.23. The van der Waals surface area contributed by atoms with Gasteiger partial charge in [0.25, 0.3) is 0 Å². The highest BCUT2D eigenvalue weighted by Crippen LogP contribution is 2.33. The predicted octanol–water partition coefficient (Wildman–Crippen LogP) is 2.14. The Kier molecular flexibility index (Phi) is 2.98. The standard InChI is InChI=1S/C14H15FN2O2/c1-9-13(11-4-2-3-5-12(11)15)16-17-7-6-10(8-18)19-14(9)17/h2-5,10,18H,6-8H2,1H3/t10-/m1/s1. The second-order valence-electron chi connectivity index (χ2n) is 4.69. The SMILES string of the molecule is Cc1c(-c2ccccc2F)nn2c1O[C@@H](CO)CC2. The van der Waals surface area contributed by atoms with E-state index in [-0.39, 0.29) is 18.5 Å². The van der Waals surface area contributed by atoms with Gasteiger partial charge in [-0.3, -0.25) is 0 Å². The molecule has 5 heteroatoms. The van der Waals surface area contributed by atoms with E-state index in [1.54, 1.807) is 22.9 Å². The molecule has 19 heavy (non-hydrogen) atoms. The molecule has 0 radical (unpaired) electrons. The minimum Gasteiger partial charge on any atom is -0.472 e. The monoisotopic (exact) mass is 262 g/mol. The van der Waals surface area contributed by atoms with Crippen molar-refractivity contribution >= 4 is 0 Å². The van der Waals surface area contributed by atoms with Gasteiger partial charge in [-0.25, -0.2) is 9.07 Å². The Labute approximate surface area is 110 Å². The van der Waals surface area contributed by atoms with Crippen LogP contribution in [-0.4, -0.2) is 27.6 Å². The molecule has 1 aliphatic rings. The fourth-order valence-corrected chi connectivity index (χ4v) is 2.36. The van der Waals surface area contributed by atoms with E-state index in [9.17, 15) is 4.39 Å². The Morgan fingerprint density at radius 3 is 3.00 bits per heavy atom. The van der Waals surface area contributed by atoms with E-state index in [2.05, 4.69) is 5.10 Å². The Morgan fingerprint density at radius 2 is 2.26 bits per heavy atom. The number of rotatable bonds is 2. The number of hydrogen-bond acceptors (Lipinski definition) is 3. The number of aliphatic hydroxyl groups is 1. The summed E-state index contributed by atoms with van der Waals surface area (Å²) in [6, 6.07) is 6.57. The summed E-state index contributed by atoms with van der Waals surface area (Å²) in [5.74, 6) is 0.336. The van der Waals surface area contributed by atoms with Gasteiger partial charge in [0.15, 0.2) is 0 Å². The molecule has 0 fully saturated rings. The number of aromatic nitrogens is 2. The van der Waals surface area contributed by atoms with Gasteiger partial charge in [-0.1, -0.05) is 12.1 Å². The third-order valence-electron chi connectivity index (χ3n) is 3.40. The van der Waals surface area contributed by atoms with Gasteiger partial charge in [-0.2, -0.15) is 5.10 Å². The Balaban J connectivity index is 2.06. The first-order valence-corrected chi connectivity index (χ1v) is 6.30. The first-order chi connectivity index (χ1) is 9.20. The molecule has 0 unspecified atom stereocenters. The maximum absolute atomic E-state index is 13.8. The third-order valence-corrected chi connectivity index (χ3v) is 3.40. The van der Waals surface area contributed by atoms with Gasteiger partial charge < -0.3 is 9.84 Å². The van der Waals surface area contributed by atoms with Crippen LogP contribution in [0.3, 0.4) is 0 Å². The highest BCUT2D eigenvalue weighted by molar-refractivity contribution is 5.65. The van der Waals surface area contributed by atoms with Crippen molar-refractivity contribution in [3.8, 4) is 17.1 Å². The minimum atomic E-state index is -0.292. The molecule has 0 amide bonds. The first kappa shape index (κ1) is 12.2. The van der Waals surface area contributed by atoms with Gasteiger partial charge in [0.05, 0.1) is 6.61 Å².